The molecule has 36 heteroatoms. The van der Waals surface area contributed by atoms with Crippen molar-refractivity contribution in [3.8, 4) is 5.75 Å². The number of ketones is 4. The van der Waals surface area contributed by atoms with Gasteiger partial charge in [-0.2, -0.15) is 0 Å². The van der Waals surface area contributed by atoms with E-state index in [2.05, 4.69) is 79.6 Å². The zero-order chi connectivity index (χ0) is 94.7. The average molecular weight is 1770 g/mol. The molecule has 5 rings (SSSR count). The number of carbonyl (C=O) groups excluding carboxylic acids is 17. The number of nitrogens with two attached hydrogens (primary N) is 2. The number of aromatic hydroxyl groups is 1. The van der Waals surface area contributed by atoms with Crippen LogP contribution in [-0.4, -0.2) is 211 Å². The standard InChI is InChI=1S/C91H135N17O19/c1-16-52(6)73(108-107-55(9)79(93)117)78(116)76(114)54(8)96-80(118)56(10)98-88(126)90(14)41-29-22-20-18-17-19-21-23-30-42-91(15,106-86(124)70(45-60-31-25-24-26-32-60)103-87(125)74(58(12)109)104-85(123)68(44-51(4)5)100-59(13)110)89(127)99-57(11)81(119)101-69(46-61-35-37-64(111)38-36-61)84(122)102-71(47-62-48-94-66-34-28-27-33-65(62)66)83(121)97-53(7)75(113)77(115)67(39-40-72(92)112)95-49-63(43-50(2)3)82(120)105-90/h18,20,24-28,31-38,48,50-58,63,67-71,73-74,94-95,107-109,111H,16-17,19,21-23,29-30,39-47,49H2,1-15H3,(H2,92,112)(H2,93,117)(H,96,118)(H,97,121)(H,98,126)(H,99,127)(H,100,110)(H,101,119)(H,102,122)(H,103,125)(H,104,123)(H,105,120)(H,106,124)/b20-18+/t52-,53?,54?,55+,56-,57?,58+,63+,67-,68-,69-,70-,71-,73-,74-,90-,91+/m0/s1. The minimum atomic E-state index is -1.91. The summed E-state index contributed by atoms with van der Waals surface area (Å²) < 4.78 is 0. The number of amides is 13. The second kappa shape index (κ2) is 51.2. The lowest BCUT2D eigenvalue weighted by atomic mass is 9.89. The van der Waals surface area contributed by atoms with Gasteiger partial charge in [0.1, 0.15) is 59.1 Å². The van der Waals surface area contributed by atoms with Crippen LogP contribution in [0.25, 0.3) is 10.9 Å². The van der Waals surface area contributed by atoms with Crippen molar-refractivity contribution in [2.45, 2.75) is 303 Å². The van der Waals surface area contributed by atoms with Crippen LogP contribution in [0.5, 0.6) is 5.75 Å². The summed E-state index contributed by atoms with van der Waals surface area (Å²) in [6.07, 6.45) is 6.02. The number of carbonyl (C=O) groups is 17. The smallest absolute Gasteiger partial charge is 0.246 e. The highest BCUT2D eigenvalue weighted by Gasteiger charge is 2.44. The molecule has 127 heavy (non-hydrogen) atoms. The molecular weight excluding hydrogens is 1640 g/mol. The Morgan fingerprint density at radius 1 is 0.559 bits per heavy atom. The number of hydrogen-bond acceptors (Lipinski definition) is 22. The Bertz CT molecular complexity index is 4500. The number of phenolic OH excluding ortho intramolecular Hbond substituents is 1. The molecule has 0 saturated heterocycles. The fourth-order valence-corrected chi connectivity index (χ4v) is 14.5. The summed E-state index contributed by atoms with van der Waals surface area (Å²) in [7, 11) is 0. The van der Waals surface area contributed by atoms with Crippen LogP contribution in [0.15, 0.2) is 97.2 Å². The van der Waals surface area contributed by atoms with Crippen molar-refractivity contribution in [3.63, 3.8) is 0 Å². The first kappa shape index (κ1) is 106. The molecule has 13 amide bonds. The predicted octanol–water partition coefficient (Wildman–Crippen LogP) is 2.17. The van der Waals surface area contributed by atoms with E-state index < -0.39 is 208 Å². The maximum Gasteiger partial charge on any atom is 0.246 e. The third-order valence-corrected chi connectivity index (χ3v) is 22.5. The summed E-state index contributed by atoms with van der Waals surface area (Å²) in [5, 5.41) is 54.5. The number of phenols is 1. The number of Topliss-reactive ketones (excluding diaryl/α,β-unsaturated/α-hetero) is 4. The van der Waals surface area contributed by atoms with Crippen molar-refractivity contribution in [2.24, 2.45) is 35.1 Å². The van der Waals surface area contributed by atoms with Gasteiger partial charge in [-0.05, 0) is 166 Å². The molecule has 3 aromatic carbocycles. The third-order valence-electron chi connectivity index (χ3n) is 22.5. The van der Waals surface area contributed by atoms with Crippen LogP contribution in [-0.2, 0) is 101 Å². The van der Waals surface area contributed by atoms with Crippen molar-refractivity contribution in [3.05, 3.63) is 114 Å². The van der Waals surface area contributed by atoms with Gasteiger partial charge in [-0.3, -0.25) is 81.5 Å². The SMILES string of the molecule is CC[C@H](C)[C@H](NN[C@H](C)C(N)=O)C(=O)C(=O)C(C)NC(=O)[C@H](C)NC(=O)[C@]1(C)CCC/C=C/CCCCCC[C@@](C)(NC(=O)[C@H](Cc2ccccc2)NC(=O)[C@@H](NC(=O)[C@H](CC(C)C)NC(C)=O)[C@@H](C)O)C(=O)NC(C)C(=O)N[C@@H](Cc2ccc(O)cc2)C(=O)N[C@@H](Cc2c[nH]c3ccccc23)C(=O)NC(C)C(=O)C(=O)[C@H](CCC(N)=O)NC[C@@H](CC(C)C)C(=O)N1. The Morgan fingerprint density at radius 2 is 1.18 bits per heavy atom. The minimum Gasteiger partial charge on any atom is -0.508 e. The lowest BCUT2D eigenvalue weighted by Crippen LogP contribution is -2.64. The number of para-hydroxylation sites is 1. The van der Waals surface area contributed by atoms with Gasteiger partial charge in [-0.1, -0.05) is 140 Å². The highest BCUT2D eigenvalue weighted by Crippen LogP contribution is 2.25. The molecule has 17 atom stereocenters. The largest absolute Gasteiger partial charge is 0.508 e. The zero-order valence-corrected chi connectivity index (χ0v) is 75.8. The maximum atomic E-state index is 15.3. The van der Waals surface area contributed by atoms with Crippen molar-refractivity contribution in [2.75, 3.05) is 6.54 Å². The van der Waals surface area contributed by atoms with Gasteiger partial charge in [0.2, 0.25) is 99.9 Å². The number of aliphatic hydroxyl groups is 1. The number of rotatable bonds is 34. The van der Waals surface area contributed by atoms with Gasteiger partial charge in [0.05, 0.1) is 42.2 Å². The summed E-state index contributed by atoms with van der Waals surface area (Å²) in [5.41, 5.74) is 14.8. The van der Waals surface area contributed by atoms with Crippen LogP contribution in [0, 0.1) is 23.7 Å². The Kier molecular flexibility index (Phi) is 42.7. The molecule has 3 unspecified atom stereocenters. The number of allylic oxidation sites excluding steroid dienone is 2. The molecule has 0 saturated carbocycles. The second-order valence-corrected chi connectivity index (χ2v) is 34.8. The summed E-state index contributed by atoms with van der Waals surface area (Å²) in [6.45, 7) is 22.5. The van der Waals surface area contributed by atoms with Crippen LogP contribution in [0.2, 0.25) is 0 Å². The third kappa shape index (κ3) is 34.2. The number of fused-ring (bicyclic) bond motifs is 1. The van der Waals surface area contributed by atoms with E-state index in [-0.39, 0.29) is 88.3 Å². The molecule has 0 bridgehead atoms. The van der Waals surface area contributed by atoms with Gasteiger partial charge in [-0.15, -0.1) is 0 Å². The molecule has 21 N–H and O–H groups in total. The second-order valence-electron chi connectivity index (χ2n) is 34.8. The van der Waals surface area contributed by atoms with Crippen LogP contribution in [0.4, 0.5) is 0 Å². The first-order valence-electron chi connectivity index (χ1n) is 43.8. The van der Waals surface area contributed by atoms with E-state index in [1.54, 1.807) is 74.6 Å². The Morgan fingerprint density at radius 3 is 1.80 bits per heavy atom. The zero-order valence-electron chi connectivity index (χ0n) is 75.8. The molecule has 2 heterocycles. The van der Waals surface area contributed by atoms with Gasteiger partial charge in [0, 0.05) is 56.3 Å². The summed E-state index contributed by atoms with van der Waals surface area (Å²) in [4.78, 5) is 244. The fourth-order valence-electron chi connectivity index (χ4n) is 14.5. The molecule has 0 radical (unpaired) electrons. The molecule has 1 aliphatic rings. The summed E-state index contributed by atoms with van der Waals surface area (Å²) >= 11 is 0. The Balaban J connectivity index is 1.59. The molecule has 0 fully saturated rings. The highest BCUT2D eigenvalue weighted by atomic mass is 16.3. The van der Waals surface area contributed by atoms with E-state index in [4.69, 9.17) is 11.5 Å². The molecule has 36 nitrogen and oxygen atoms in total. The van der Waals surface area contributed by atoms with Gasteiger partial charge in [-0.25, -0.2) is 10.9 Å². The quantitative estimate of drug-likeness (QED) is 0.0181. The van der Waals surface area contributed by atoms with E-state index in [1.807, 2.05) is 39.8 Å². The van der Waals surface area contributed by atoms with Crippen molar-refractivity contribution in [1.82, 2.24) is 79.6 Å². The number of benzene rings is 3. The molecular formula is C91H135N17O19. The molecule has 698 valence electrons. The molecule has 1 aliphatic heterocycles. The van der Waals surface area contributed by atoms with E-state index in [0.717, 1.165) is 0 Å². The lowest BCUT2D eigenvalue weighted by Gasteiger charge is -2.33. The number of primary amides is 2. The molecule has 0 spiro atoms. The number of hydrogen-bond donors (Lipinski definition) is 19. The normalized spacial score (nSPS) is 22.8. The monoisotopic (exact) mass is 1770 g/mol. The van der Waals surface area contributed by atoms with Crippen LogP contribution in [0.1, 0.15) is 210 Å². The lowest BCUT2D eigenvalue weighted by molar-refractivity contribution is -0.141. The number of aromatic amines is 1. The molecule has 1 aromatic heterocycles. The van der Waals surface area contributed by atoms with E-state index in [1.165, 1.54) is 86.6 Å². The van der Waals surface area contributed by atoms with Crippen LogP contribution < -0.4 is 86.1 Å². The first-order valence-corrected chi connectivity index (χ1v) is 43.8. The average Bonchev–Trinajstić information content (AvgIpc) is 1.80. The van der Waals surface area contributed by atoms with Crippen molar-refractivity contribution < 1.29 is 91.7 Å². The van der Waals surface area contributed by atoms with Gasteiger partial charge < -0.3 is 90.5 Å². The molecule has 0 aliphatic carbocycles. The van der Waals surface area contributed by atoms with Crippen LogP contribution in [0.3, 0.4) is 0 Å². The summed E-state index contributed by atoms with van der Waals surface area (Å²) in [5.74, 6) is -17.1. The number of hydrazine groups is 1. The number of aliphatic hydroxyl groups excluding tert-OH is 1. The topological polar surface area (TPSA) is 567 Å². The first-order chi connectivity index (χ1) is 59.8. The Labute approximate surface area is 742 Å². The number of H-pyrrole nitrogens is 1. The number of nitrogens with one attached hydrogen (secondary N) is 15. The highest BCUT2D eigenvalue weighted by molar-refractivity contribution is 6.42. The Hall–Kier alpha value is -11.6. The van der Waals surface area contributed by atoms with E-state index in [9.17, 15) is 67.7 Å². The van der Waals surface area contributed by atoms with Gasteiger partial charge in [0.25, 0.3) is 0 Å². The number of aromatic nitrogens is 1. The van der Waals surface area contributed by atoms with Crippen LogP contribution >= 0.6 is 0 Å². The minimum absolute atomic E-state index is 0.0439. The van der Waals surface area contributed by atoms with E-state index in [0.29, 0.717) is 66.1 Å². The fraction of sp³-hybridized carbons (Fsp3) is 0.571. The van der Waals surface area contributed by atoms with Gasteiger partial charge >= 0.3 is 0 Å². The van der Waals surface area contributed by atoms with Crippen molar-refractivity contribution in [1.29, 1.82) is 0 Å². The van der Waals surface area contributed by atoms with Gasteiger partial charge in [0.15, 0.2) is 0 Å². The summed E-state index contributed by atoms with van der Waals surface area (Å²) in [6, 6.07) is 4.24. The predicted molar refractivity (Wildman–Crippen MR) is 476 cm³/mol. The maximum absolute atomic E-state index is 15.3. The van der Waals surface area contributed by atoms with Crippen molar-refractivity contribution >= 4 is 111 Å². The molecule has 4 aromatic rings. The van der Waals surface area contributed by atoms with E-state index >= 15 is 24.0 Å².